The average molecular weight is 224 g/mol. The molecule has 0 radical (unpaired) electrons. The Bertz CT molecular complexity index is 280. The first-order valence-corrected chi connectivity index (χ1v) is 6.21. The van der Waals surface area contributed by atoms with E-state index in [0.29, 0.717) is 0 Å². The maximum Gasteiger partial charge on any atom is 0.0266 e. The van der Waals surface area contributed by atoms with Crippen LogP contribution in [0, 0.1) is 0 Å². The zero-order valence-corrected chi connectivity index (χ0v) is 10.6. The van der Waals surface area contributed by atoms with Crippen molar-refractivity contribution in [3.05, 3.63) is 29.8 Å². The van der Waals surface area contributed by atoms with Crippen LogP contribution < -0.4 is 5.73 Å². The van der Waals surface area contributed by atoms with Crippen molar-refractivity contribution in [2.75, 3.05) is 26.4 Å². The molecule has 1 atom stereocenters. The molecule has 0 aliphatic heterocycles. The maximum atomic E-state index is 5.79. The molecule has 0 heterocycles. The summed E-state index contributed by atoms with van der Waals surface area (Å²) in [4.78, 5) is 3.52. The Labute approximate surface area is 96.8 Å². The van der Waals surface area contributed by atoms with Crippen LogP contribution in [-0.2, 0) is 0 Å². The Kier molecular flexibility index (Phi) is 5.15. The van der Waals surface area contributed by atoms with Gasteiger partial charge in [-0.15, -0.1) is 11.8 Å². The van der Waals surface area contributed by atoms with Crippen LogP contribution in [-0.4, -0.2) is 31.3 Å². The molecule has 84 valence electrons. The van der Waals surface area contributed by atoms with Gasteiger partial charge in [0, 0.05) is 23.2 Å². The molecule has 0 unspecified atom stereocenters. The summed E-state index contributed by atoms with van der Waals surface area (Å²) in [5.74, 6) is 1.13. The summed E-state index contributed by atoms with van der Waals surface area (Å²) in [6.45, 7) is 3.12. The predicted octanol–water partition coefficient (Wildman–Crippen LogP) is 2.36. The summed E-state index contributed by atoms with van der Waals surface area (Å²) < 4.78 is 0. The van der Waals surface area contributed by atoms with Gasteiger partial charge < -0.3 is 10.6 Å². The van der Waals surface area contributed by atoms with Crippen LogP contribution in [0.25, 0.3) is 0 Å². The average Bonchev–Trinajstić information content (AvgIpc) is 2.18. The summed E-state index contributed by atoms with van der Waals surface area (Å²) in [7, 11) is 4.19. The lowest BCUT2D eigenvalue weighted by Crippen LogP contribution is -2.14. The van der Waals surface area contributed by atoms with Crippen LogP contribution in [0.3, 0.4) is 0 Å². The van der Waals surface area contributed by atoms with Gasteiger partial charge in [0.25, 0.3) is 0 Å². The minimum atomic E-state index is 0.130. The van der Waals surface area contributed by atoms with Gasteiger partial charge in [-0.2, -0.15) is 0 Å². The van der Waals surface area contributed by atoms with Crippen LogP contribution in [0.15, 0.2) is 29.2 Å². The number of thioether (sulfide) groups is 1. The molecule has 15 heavy (non-hydrogen) atoms. The topological polar surface area (TPSA) is 29.3 Å². The van der Waals surface area contributed by atoms with Crippen LogP contribution in [0.4, 0.5) is 0 Å². The third kappa shape index (κ3) is 4.69. The zero-order valence-electron chi connectivity index (χ0n) is 9.73. The highest BCUT2D eigenvalue weighted by molar-refractivity contribution is 7.99. The van der Waals surface area contributed by atoms with Gasteiger partial charge in [0.15, 0.2) is 0 Å². The lowest BCUT2D eigenvalue weighted by molar-refractivity contribution is 0.437. The van der Waals surface area contributed by atoms with Crippen molar-refractivity contribution in [1.82, 2.24) is 4.90 Å². The van der Waals surface area contributed by atoms with E-state index in [-0.39, 0.29) is 6.04 Å². The first-order chi connectivity index (χ1) is 7.09. The third-order valence-electron chi connectivity index (χ3n) is 2.21. The molecule has 1 aromatic rings. The van der Waals surface area contributed by atoms with Gasteiger partial charge in [-0.25, -0.2) is 0 Å². The normalized spacial score (nSPS) is 13.1. The molecule has 0 fully saturated rings. The molecule has 0 spiro atoms. The molecular formula is C12H20N2S. The highest BCUT2D eigenvalue weighted by atomic mass is 32.2. The van der Waals surface area contributed by atoms with Crippen molar-refractivity contribution < 1.29 is 0 Å². The van der Waals surface area contributed by atoms with E-state index in [1.807, 2.05) is 18.7 Å². The number of rotatable bonds is 5. The second kappa shape index (κ2) is 6.16. The summed E-state index contributed by atoms with van der Waals surface area (Å²) in [5, 5.41) is 0. The number of nitrogens with zero attached hydrogens (tertiary/aromatic N) is 1. The quantitative estimate of drug-likeness (QED) is 0.779. The van der Waals surface area contributed by atoms with Gasteiger partial charge in [0.2, 0.25) is 0 Å². The molecule has 0 amide bonds. The Morgan fingerprint density at radius 2 is 1.87 bits per heavy atom. The van der Waals surface area contributed by atoms with Crippen molar-refractivity contribution in [1.29, 1.82) is 0 Å². The summed E-state index contributed by atoms with van der Waals surface area (Å²) >= 11 is 1.89. The molecule has 3 heteroatoms. The lowest BCUT2D eigenvalue weighted by atomic mass is 10.1. The highest BCUT2D eigenvalue weighted by Crippen LogP contribution is 2.20. The number of benzene rings is 1. The fraction of sp³-hybridized carbons (Fsp3) is 0.500. The number of nitrogens with two attached hydrogens (primary N) is 1. The Morgan fingerprint density at radius 3 is 2.33 bits per heavy atom. The molecule has 2 N–H and O–H groups in total. The minimum Gasteiger partial charge on any atom is -0.324 e. The molecular weight excluding hydrogens is 204 g/mol. The van der Waals surface area contributed by atoms with E-state index in [1.54, 1.807) is 0 Å². The molecule has 0 aromatic heterocycles. The van der Waals surface area contributed by atoms with E-state index >= 15 is 0 Å². The number of hydrogen-bond acceptors (Lipinski definition) is 3. The molecule has 0 saturated carbocycles. The highest BCUT2D eigenvalue weighted by Gasteiger charge is 1.99. The molecule has 1 rings (SSSR count). The fourth-order valence-corrected chi connectivity index (χ4v) is 2.23. The van der Waals surface area contributed by atoms with Crippen LogP contribution in [0.5, 0.6) is 0 Å². The van der Waals surface area contributed by atoms with Gasteiger partial charge in [0.1, 0.15) is 0 Å². The van der Waals surface area contributed by atoms with Crippen LogP contribution >= 0.6 is 11.8 Å². The molecule has 0 aliphatic carbocycles. The van der Waals surface area contributed by atoms with Gasteiger partial charge >= 0.3 is 0 Å². The van der Waals surface area contributed by atoms with Gasteiger partial charge in [-0.05, 0) is 38.7 Å². The minimum absolute atomic E-state index is 0.130. The number of hydrogen-bond donors (Lipinski definition) is 1. The molecule has 2 nitrogen and oxygen atoms in total. The van der Waals surface area contributed by atoms with Crippen LogP contribution in [0.1, 0.15) is 18.5 Å². The lowest BCUT2D eigenvalue weighted by Gasteiger charge is -2.09. The van der Waals surface area contributed by atoms with Crippen molar-refractivity contribution in [2.45, 2.75) is 17.9 Å². The molecule has 0 aliphatic rings. The summed E-state index contributed by atoms with van der Waals surface area (Å²) in [6, 6.07) is 8.66. The van der Waals surface area contributed by atoms with Crippen molar-refractivity contribution in [3.8, 4) is 0 Å². The SMILES string of the molecule is C[C@@H](N)c1ccc(SCCN(C)C)cc1. The second-order valence-corrected chi connectivity index (χ2v) is 5.18. The maximum absolute atomic E-state index is 5.79. The van der Waals surface area contributed by atoms with Crippen molar-refractivity contribution in [3.63, 3.8) is 0 Å². The molecule has 0 saturated heterocycles. The van der Waals surface area contributed by atoms with E-state index in [9.17, 15) is 0 Å². The van der Waals surface area contributed by atoms with Gasteiger partial charge in [0.05, 0.1) is 0 Å². The van der Waals surface area contributed by atoms with Gasteiger partial charge in [-0.1, -0.05) is 12.1 Å². The smallest absolute Gasteiger partial charge is 0.0266 e. The Morgan fingerprint density at radius 1 is 1.27 bits per heavy atom. The van der Waals surface area contributed by atoms with Crippen molar-refractivity contribution in [2.24, 2.45) is 5.73 Å². The predicted molar refractivity (Wildman–Crippen MR) is 68.3 cm³/mol. The first-order valence-electron chi connectivity index (χ1n) is 5.22. The van der Waals surface area contributed by atoms with Crippen molar-refractivity contribution >= 4 is 11.8 Å². The Hall–Kier alpha value is -0.510. The first kappa shape index (κ1) is 12.6. The van der Waals surface area contributed by atoms with Crippen LogP contribution in [0.2, 0.25) is 0 Å². The molecule has 0 bridgehead atoms. The van der Waals surface area contributed by atoms with E-state index < -0.39 is 0 Å². The second-order valence-electron chi connectivity index (χ2n) is 4.01. The van der Waals surface area contributed by atoms with Gasteiger partial charge in [-0.3, -0.25) is 0 Å². The molecule has 1 aromatic carbocycles. The van der Waals surface area contributed by atoms with E-state index in [4.69, 9.17) is 5.73 Å². The Balaban J connectivity index is 2.43. The standard InChI is InChI=1S/C12H20N2S/c1-10(13)11-4-6-12(7-5-11)15-9-8-14(2)3/h4-7,10H,8-9,13H2,1-3H3/t10-/m1/s1. The summed E-state index contributed by atoms with van der Waals surface area (Å²) in [5.41, 5.74) is 6.99. The largest absolute Gasteiger partial charge is 0.324 e. The summed E-state index contributed by atoms with van der Waals surface area (Å²) in [6.07, 6.45) is 0. The van der Waals surface area contributed by atoms with E-state index in [1.165, 1.54) is 10.5 Å². The third-order valence-corrected chi connectivity index (χ3v) is 3.21. The monoisotopic (exact) mass is 224 g/mol. The zero-order chi connectivity index (χ0) is 11.3. The fourth-order valence-electron chi connectivity index (χ4n) is 1.21. The van der Waals surface area contributed by atoms with E-state index in [0.717, 1.165) is 12.3 Å². The van der Waals surface area contributed by atoms with E-state index in [2.05, 4.69) is 43.3 Å².